The summed E-state index contributed by atoms with van der Waals surface area (Å²) < 4.78 is 0. The van der Waals surface area contributed by atoms with Crippen LogP contribution in [-0.2, 0) is 6.54 Å². The molecule has 0 N–H and O–H groups in total. The molecule has 134 valence electrons. The number of benzene rings is 3. The minimum Gasteiger partial charge on any atom is -0.298 e. The highest BCUT2D eigenvalue weighted by molar-refractivity contribution is 6.41. The highest BCUT2D eigenvalue weighted by Gasteiger charge is 2.36. The zero-order chi connectivity index (χ0) is 17.7. The fourth-order valence-electron chi connectivity index (χ4n) is 5.14. The van der Waals surface area contributed by atoms with Crippen LogP contribution < -0.4 is 0 Å². The van der Waals surface area contributed by atoms with Gasteiger partial charge in [-0.15, -0.1) is 0 Å². The van der Waals surface area contributed by atoms with Crippen LogP contribution in [0.25, 0.3) is 21.5 Å². The maximum Gasteiger partial charge on any atom is 0.0562 e. The predicted molar refractivity (Wildman–Crippen MR) is 111 cm³/mol. The van der Waals surface area contributed by atoms with Gasteiger partial charge in [0, 0.05) is 42.5 Å². The molecule has 3 aromatic rings. The van der Waals surface area contributed by atoms with Crippen molar-refractivity contribution in [3.63, 3.8) is 0 Å². The molecule has 2 heterocycles. The second-order valence-corrected chi connectivity index (χ2v) is 8.22. The van der Waals surface area contributed by atoms with E-state index in [0.29, 0.717) is 6.04 Å². The molecule has 0 spiro atoms. The van der Waals surface area contributed by atoms with Crippen molar-refractivity contribution in [1.82, 2.24) is 9.80 Å². The Bertz CT molecular complexity index is 910. The zero-order valence-electron chi connectivity index (χ0n) is 15.3. The fraction of sp³-hybridized carbons (Fsp3) is 0.391. The van der Waals surface area contributed by atoms with Crippen molar-refractivity contribution < 1.29 is 0 Å². The van der Waals surface area contributed by atoms with E-state index in [1.54, 1.807) is 0 Å². The van der Waals surface area contributed by atoms with Crippen LogP contribution in [0.5, 0.6) is 0 Å². The summed E-state index contributed by atoms with van der Waals surface area (Å²) in [6, 6.07) is 18.6. The number of halogens is 1. The molecule has 0 bridgehead atoms. The average molecular weight is 365 g/mol. The lowest BCUT2D eigenvalue weighted by Gasteiger charge is -2.43. The maximum atomic E-state index is 6.77. The summed E-state index contributed by atoms with van der Waals surface area (Å²) in [5.41, 5.74) is 1.43. The van der Waals surface area contributed by atoms with Gasteiger partial charge in [0.25, 0.3) is 0 Å². The third kappa shape index (κ3) is 2.55. The second-order valence-electron chi connectivity index (χ2n) is 7.84. The average Bonchev–Trinajstić information content (AvgIpc) is 3.16. The van der Waals surface area contributed by atoms with Crippen LogP contribution in [0, 0.1) is 0 Å². The molecule has 26 heavy (non-hydrogen) atoms. The van der Waals surface area contributed by atoms with Crippen LogP contribution in [0.2, 0.25) is 5.02 Å². The Morgan fingerprint density at radius 2 is 1.50 bits per heavy atom. The molecule has 3 heteroatoms. The van der Waals surface area contributed by atoms with Crippen LogP contribution in [-0.4, -0.2) is 41.5 Å². The number of fused-ring (bicyclic) bond motifs is 3. The zero-order valence-corrected chi connectivity index (χ0v) is 16.0. The van der Waals surface area contributed by atoms with E-state index in [0.717, 1.165) is 24.2 Å². The minimum absolute atomic E-state index is 0.611. The number of piperazine rings is 1. The predicted octanol–water partition coefficient (Wildman–Crippen LogP) is 5.31. The van der Waals surface area contributed by atoms with Gasteiger partial charge >= 0.3 is 0 Å². The van der Waals surface area contributed by atoms with Gasteiger partial charge in [-0.1, -0.05) is 60.1 Å². The van der Waals surface area contributed by atoms with E-state index < -0.39 is 0 Å². The van der Waals surface area contributed by atoms with Crippen molar-refractivity contribution in [2.75, 3.05) is 19.6 Å². The largest absolute Gasteiger partial charge is 0.298 e. The van der Waals surface area contributed by atoms with Crippen LogP contribution in [0.4, 0.5) is 0 Å². The van der Waals surface area contributed by atoms with Crippen molar-refractivity contribution >= 4 is 33.1 Å². The van der Waals surface area contributed by atoms with E-state index >= 15 is 0 Å². The first-order valence-electron chi connectivity index (χ1n) is 9.80. The first-order chi connectivity index (χ1) is 12.7. The van der Waals surface area contributed by atoms with Crippen molar-refractivity contribution in [1.29, 1.82) is 0 Å². The highest BCUT2D eigenvalue weighted by atomic mass is 35.5. The Labute approximate surface area is 160 Å². The van der Waals surface area contributed by atoms with E-state index in [-0.39, 0.29) is 0 Å². The molecule has 2 fully saturated rings. The molecule has 5 rings (SSSR count). The van der Waals surface area contributed by atoms with E-state index in [4.69, 9.17) is 11.6 Å². The third-order valence-electron chi connectivity index (χ3n) is 6.56. The molecule has 2 aliphatic heterocycles. The van der Waals surface area contributed by atoms with Gasteiger partial charge in [-0.25, -0.2) is 0 Å². The molecule has 0 aliphatic carbocycles. The maximum absolute atomic E-state index is 6.77. The van der Waals surface area contributed by atoms with Crippen LogP contribution in [0.1, 0.15) is 25.3 Å². The van der Waals surface area contributed by atoms with Crippen LogP contribution >= 0.6 is 11.6 Å². The fourth-order valence-corrected chi connectivity index (χ4v) is 5.47. The Morgan fingerprint density at radius 1 is 0.885 bits per heavy atom. The number of hydrogen-bond acceptors (Lipinski definition) is 2. The topological polar surface area (TPSA) is 6.48 Å². The number of nitrogens with zero attached hydrogens (tertiary/aromatic N) is 2. The minimum atomic E-state index is 0.611. The number of hydrogen-bond donors (Lipinski definition) is 0. The highest BCUT2D eigenvalue weighted by Crippen LogP contribution is 2.37. The monoisotopic (exact) mass is 364 g/mol. The Hall–Kier alpha value is -1.61. The van der Waals surface area contributed by atoms with E-state index in [1.165, 1.54) is 53.0 Å². The van der Waals surface area contributed by atoms with Gasteiger partial charge in [-0.05, 0) is 42.6 Å². The van der Waals surface area contributed by atoms with Crippen LogP contribution in [0.15, 0.2) is 48.5 Å². The lowest BCUT2D eigenvalue weighted by molar-refractivity contribution is 0.0476. The molecule has 0 amide bonds. The lowest BCUT2D eigenvalue weighted by atomic mass is 9.94. The summed E-state index contributed by atoms with van der Waals surface area (Å²) in [7, 11) is 0. The molecule has 3 aromatic carbocycles. The molecule has 2 atom stereocenters. The smallest absolute Gasteiger partial charge is 0.0562 e. The second kappa shape index (κ2) is 6.53. The summed E-state index contributed by atoms with van der Waals surface area (Å²) in [6.45, 7) is 7.07. The van der Waals surface area contributed by atoms with Crippen molar-refractivity contribution in [2.45, 2.75) is 38.4 Å². The summed E-state index contributed by atoms with van der Waals surface area (Å²) in [4.78, 5) is 5.38. The van der Waals surface area contributed by atoms with Crippen LogP contribution in [0.3, 0.4) is 0 Å². The molecule has 2 aliphatic rings. The van der Waals surface area contributed by atoms with Gasteiger partial charge < -0.3 is 0 Å². The van der Waals surface area contributed by atoms with Gasteiger partial charge in [0.15, 0.2) is 0 Å². The molecular weight excluding hydrogens is 340 g/mol. The lowest BCUT2D eigenvalue weighted by Crippen LogP contribution is -2.55. The summed E-state index contributed by atoms with van der Waals surface area (Å²) in [5, 5.41) is 5.84. The SMILES string of the molecule is C[C@H]1[C@H]2CCCN2CCN1Cc1c2ccccc2c(Cl)c2ccccc12. The van der Waals surface area contributed by atoms with E-state index in [9.17, 15) is 0 Å². The third-order valence-corrected chi connectivity index (χ3v) is 6.97. The molecular formula is C23H25ClN2. The van der Waals surface area contributed by atoms with Gasteiger partial charge in [0.1, 0.15) is 0 Å². The van der Waals surface area contributed by atoms with Gasteiger partial charge in [-0.2, -0.15) is 0 Å². The van der Waals surface area contributed by atoms with Crippen molar-refractivity contribution in [3.8, 4) is 0 Å². The van der Waals surface area contributed by atoms with Gasteiger partial charge in [-0.3, -0.25) is 9.80 Å². The molecule has 0 saturated carbocycles. The van der Waals surface area contributed by atoms with E-state index in [1.807, 2.05) is 0 Å². The molecule has 0 unspecified atom stereocenters. The summed E-state index contributed by atoms with van der Waals surface area (Å²) in [6.07, 6.45) is 2.70. The quantitative estimate of drug-likeness (QED) is 0.568. The first kappa shape index (κ1) is 16.6. The van der Waals surface area contributed by atoms with Gasteiger partial charge in [0.2, 0.25) is 0 Å². The standard InChI is InChI=1S/C23H25ClN2/c1-16-22-11-6-12-25(22)13-14-26(16)15-21-17-7-2-4-9-19(17)23(24)20-10-5-3-8-18(20)21/h2-5,7-10,16,22H,6,11-15H2,1H3/t16-,22+/m0/s1. The van der Waals surface area contributed by atoms with Crippen molar-refractivity contribution in [3.05, 3.63) is 59.1 Å². The molecule has 2 saturated heterocycles. The summed E-state index contributed by atoms with van der Waals surface area (Å²) >= 11 is 6.77. The molecule has 0 aromatic heterocycles. The van der Waals surface area contributed by atoms with Crippen molar-refractivity contribution in [2.24, 2.45) is 0 Å². The molecule has 0 radical (unpaired) electrons. The van der Waals surface area contributed by atoms with Gasteiger partial charge in [0.05, 0.1) is 5.02 Å². The Balaban J connectivity index is 1.62. The Morgan fingerprint density at radius 3 is 2.15 bits per heavy atom. The molecule has 2 nitrogen and oxygen atoms in total. The normalized spacial score (nSPS) is 24.4. The summed E-state index contributed by atoms with van der Waals surface area (Å²) in [5.74, 6) is 0. The first-order valence-corrected chi connectivity index (χ1v) is 10.2. The Kier molecular flexibility index (Phi) is 4.16. The van der Waals surface area contributed by atoms with E-state index in [2.05, 4.69) is 65.3 Å². The number of rotatable bonds is 2.